The molecule has 1 N–H and O–H groups in total. The SMILES string of the molecule is O=C(CN1N=N[C@H]2C(=O)N(c3ccc(F)cc3F)C(=O)[C@H]21)Nc1ccccc1. The third kappa shape index (κ3) is 2.98. The van der Waals surface area contributed by atoms with Crippen LogP contribution in [0.1, 0.15) is 0 Å². The largest absolute Gasteiger partial charge is 0.324 e. The van der Waals surface area contributed by atoms with Gasteiger partial charge in [0.2, 0.25) is 5.91 Å². The fraction of sp³-hybridized carbons (Fsp3) is 0.167. The summed E-state index contributed by atoms with van der Waals surface area (Å²) in [4.78, 5) is 38.1. The molecular weight excluding hydrogens is 372 g/mol. The third-order valence-corrected chi connectivity index (χ3v) is 4.37. The molecule has 0 aromatic heterocycles. The number of carbonyl (C=O) groups excluding carboxylic acids is 3. The van der Waals surface area contributed by atoms with E-state index in [1.54, 1.807) is 30.3 Å². The molecule has 1 fully saturated rings. The number of amides is 3. The highest BCUT2D eigenvalue weighted by molar-refractivity contribution is 6.25. The molecule has 0 spiro atoms. The predicted octanol–water partition coefficient (Wildman–Crippen LogP) is 1.90. The molecule has 0 saturated carbocycles. The van der Waals surface area contributed by atoms with Crippen LogP contribution in [-0.4, -0.2) is 41.4 Å². The second kappa shape index (κ2) is 6.80. The number of fused-ring (bicyclic) bond motifs is 1. The van der Waals surface area contributed by atoms with Gasteiger partial charge < -0.3 is 5.32 Å². The highest BCUT2D eigenvalue weighted by Crippen LogP contribution is 2.33. The lowest BCUT2D eigenvalue weighted by Gasteiger charge is -2.20. The molecule has 2 aliphatic heterocycles. The van der Waals surface area contributed by atoms with Crippen molar-refractivity contribution in [3.8, 4) is 0 Å². The normalized spacial score (nSPS) is 20.6. The van der Waals surface area contributed by atoms with Crippen LogP contribution < -0.4 is 10.2 Å². The highest BCUT2D eigenvalue weighted by atomic mass is 19.1. The molecule has 4 rings (SSSR count). The lowest BCUT2D eigenvalue weighted by Crippen LogP contribution is -2.43. The van der Waals surface area contributed by atoms with Crippen LogP contribution in [0, 0.1) is 11.6 Å². The summed E-state index contributed by atoms with van der Waals surface area (Å²) >= 11 is 0. The first-order chi connectivity index (χ1) is 13.5. The maximum absolute atomic E-state index is 14.1. The van der Waals surface area contributed by atoms with Gasteiger partial charge in [0.1, 0.15) is 18.2 Å². The Morgan fingerprint density at radius 1 is 1.07 bits per heavy atom. The summed E-state index contributed by atoms with van der Waals surface area (Å²) in [7, 11) is 0. The van der Waals surface area contributed by atoms with Gasteiger partial charge in [0.25, 0.3) is 11.8 Å². The Balaban J connectivity index is 1.52. The first-order valence-corrected chi connectivity index (χ1v) is 8.31. The maximum atomic E-state index is 14.1. The Hall–Kier alpha value is -3.69. The zero-order chi connectivity index (χ0) is 19.8. The van der Waals surface area contributed by atoms with E-state index >= 15 is 0 Å². The summed E-state index contributed by atoms with van der Waals surface area (Å²) in [5, 5.41) is 11.2. The molecule has 2 heterocycles. The molecule has 2 atom stereocenters. The van der Waals surface area contributed by atoms with Crippen molar-refractivity contribution in [2.24, 2.45) is 10.3 Å². The first kappa shape index (κ1) is 17.7. The Labute approximate surface area is 157 Å². The van der Waals surface area contributed by atoms with E-state index in [1.807, 2.05) is 0 Å². The van der Waals surface area contributed by atoms with Gasteiger partial charge in [-0.25, -0.2) is 13.7 Å². The minimum absolute atomic E-state index is 0.321. The number of hydrogen-bond donors (Lipinski definition) is 1. The number of halogens is 2. The van der Waals surface area contributed by atoms with Crippen molar-refractivity contribution in [1.29, 1.82) is 0 Å². The van der Waals surface area contributed by atoms with Gasteiger partial charge in [-0.15, -0.1) is 0 Å². The summed E-state index contributed by atoms with van der Waals surface area (Å²) in [6.07, 6.45) is 0. The summed E-state index contributed by atoms with van der Waals surface area (Å²) in [6.45, 7) is -0.321. The molecule has 0 aliphatic carbocycles. The number of imide groups is 1. The van der Waals surface area contributed by atoms with Crippen molar-refractivity contribution in [2.75, 3.05) is 16.8 Å². The smallest absolute Gasteiger partial charge is 0.263 e. The van der Waals surface area contributed by atoms with Crippen molar-refractivity contribution in [3.63, 3.8) is 0 Å². The lowest BCUT2D eigenvalue weighted by molar-refractivity contribution is -0.123. The van der Waals surface area contributed by atoms with Crippen molar-refractivity contribution in [2.45, 2.75) is 12.1 Å². The zero-order valence-electron chi connectivity index (χ0n) is 14.3. The second-order valence-corrected chi connectivity index (χ2v) is 6.21. The topological polar surface area (TPSA) is 94.4 Å². The van der Waals surface area contributed by atoms with Crippen LogP contribution in [0.4, 0.5) is 20.2 Å². The van der Waals surface area contributed by atoms with E-state index in [-0.39, 0.29) is 12.2 Å². The Kier molecular flexibility index (Phi) is 4.30. The summed E-state index contributed by atoms with van der Waals surface area (Å²) in [6, 6.07) is 8.86. The number of nitrogens with zero attached hydrogens (tertiary/aromatic N) is 4. The van der Waals surface area contributed by atoms with Gasteiger partial charge in [0.15, 0.2) is 12.1 Å². The van der Waals surface area contributed by atoms with Gasteiger partial charge in [-0.2, -0.15) is 5.11 Å². The second-order valence-electron chi connectivity index (χ2n) is 6.21. The van der Waals surface area contributed by atoms with E-state index in [2.05, 4.69) is 15.7 Å². The number of hydrogen-bond acceptors (Lipinski definition) is 6. The van der Waals surface area contributed by atoms with Crippen LogP contribution in [0.15, 0.2) is 58.9 Å². The number of rotatable bonds is 4. The number of carbonyl (C=O) groups is 3. The van der Waals surface area contributed by atoms with E-state index in [4.69, 9.17) is 0 Å². The summed E-state index contributed by atoms with van der Waals surface area (Å²) in [5.41, 5.74) is 0.193. The van der Waals surface area contributed by atoms with Gasteiger partial charge in [-0.1, -0.05) is 23.4 Å². The van der Waals surface area contributed by atoms with Crippen LogP contribution in [-0.2, 0) is 14.4 Å². The van der Waals surface area contributed by atoms with E-state index in [9.17, 15) is 23.2 Å². The predicted molar refractivity (Wildman–Crippen MR) is 93.1 cm³/mol. The maximum Gasteiger partial charge on any atom is 0.263 e. The number of benzene rings is 2. The van der Waals surface area contributed by atoms with Gasteiger partial charge in [-0.05, 0) is 24.3 Å². The molecule has 0 unspecified atom stereocenters. The highest BCUT2D eigenvalue weighted by Gasteiger charge is 2.55. The molecule has 2 aliphatic rings. The van der Waals surface area contributed by atoms with Crippen LogP contribution >= 0.6 is 0 Å². The Morgan fingerprint density at radius 3 is 2.54 bits per heavy atom. The average molecular weight is 385 g/mol. The van der Waals surface area contributed by atoms with Gasteiger partial charge in [0.05, 0.1) is 5.69 Å². The molecule has 2 aromatic carbocycles. The van der Waals surface area contributed by atoms with E-state index in [1.165, 1.54) is 0 Å². The molecule has 28 heavy (non-hydrogen) atoms. The molecule has 1 saturated heterocycles. The van der Waals surface area contributed by atoms with E-state index < -0.39 is 41.4 Å². The quantitative estimate of drug-likeness (QED) is 0.814. The minimum atomic E-state index is -1.18. The molecule has 0 bridgehead atoms. The third-order valence-electron chi connectivity index (χ3n) is 4.37. The van der Waals surface area contributed by atoms with Crippen LogP contribution in [0.25, 0.3) is 0 Å². The standard InChI is InChI=1S/C18H13F2N5O3/c19-10-6-7-13(12(20)8-10)25-17(27)15-16(18(25)28)24(23-22-15)9-14(26)21-11-4-2-1-3-5-11/h1-8,15-16H,9H2,(H,21,26)/t15-,16+/m1/s1. The van der Waals surface area contributed by atoms with Gasteiger partial charge in [-0.3, -0.25) is 19.4 Å². The molecule has 0 radical (unpaired) electrons. The molecule has 2 aromatic rings. The molecule has 142 valence electrons. The number of para-hydroxylation sites is 1. The van der Waals surface area contributed by atoms with Gasteiger partial charge >= 0.3 is 0 Å². The van der Waals surface area contributed by atoms with Crippen molar-refractivity contribution in [1.82, 2.24) is 5.01 Å². The zero-order valence-corrected chi connectivity index (χ0v) is 14.3. The average Bonchev–Trinajstić information content (AvgIpc) is 3.17. The van der Waals surface area contributed by atoms with Crippen LogP contribution in [0.5, 0.6) is 0 Å². The van der Waals surface area contributed by atoms with E-state index in [0.29, 0.717) is 16.7 Å². The Bertz CT molecular complexity index is 998. The van der Waals surface area contributed by atoms with Crippen molar-refractivity contribution in [3.05, 3.63) is 60.2 Å². The van der Waals surface area contributed by atoms with Crippen LogP contribution in [0.3, 0.4) is 0 Å². The molecular formula is C18H13F2N5O3. The number of nitrogens with one attached hydrogen (secondary N) is 1. The van der Waals surface area contributed by atoms with Crippen LogP contribution in [0.2, 0.25) is 0 Å². The molecule has 10 heteroatoms. The molecule has 3 amide bonds. The van der Waals surface area contributed by atoms with E-state index in [0.717, 1.165) is 17.1 Å². The summed E-state index contributed by atoms with van der Waals surface area (Å²) < 4.78 is 27.2. The lowest BCUT2D eigenvalue weighted by atomic mass is 10.1. The van der Waals surface area contributed by atoms with Crippen molar-refractivity contribution >= 4 is 29.1 Å². The fourth-order valence-corrected chi connectivity index (χ4v) is 3.12. The summed E-state index contributed by atoms with van der Waals surface area (Å²) in [5.74, 6) is -3.91. The first-order valence-electron chi connectivity index (χ1n) is 8.31. The van der Waals surface area contributed by atoms with Crippen molar-refractivity contribution < 1.29 is 23.2 Å². The monoisotopic (exact) mass is 385 g/mol. The fourth-order valence-electron chi connectivity index (χ4n) is 3.12. The van der Waals surface area contributed by atoms with Gasteiger partial charge in [0, 0.05) is 11.8 Å². The Morgan fingerprint density at radius 2 is 1.82 bits per heavy atom. The number of anilines is 2. The molecule has 8 nitrogen and oxygen atoms in total. The minimum Gasteiger partial charge on any atom is -0.324 e.